The Morgan fingerprint density at radius 1 is 1.06 bits per heavy atom. The number of aromatic nitrogens is 2. The molecule has 0 radical (unpaired) electrons. The molecular weight excluding hydrogens is 448 g/mol. The smallest absolute Gasteiger partial charge is 0.207 e. The lowest BCUT2D eigenvalue weighted by molar-refractivity contribution is 0.104. The van der Waals surface area contributed by atoms with E-state index < -0.39 is 15.1 Å². The van der Waals surface area contributed by atoms with Crippen LogP contribution in [0, 0.1) is 0 Å². The maximum Gasteiger partial charge on any atom is 0.207 e. The van der Waals surface area contributed by atoms with Gasteiger partial charge in [0.05, 0.1) is 28.2 Å². The highest BCUT2D eigenvalue weighted by Crippen LogP contribution is 2.22. The normalized spacial score (nSPS) is 12.2. The first kappa shape index (κ1) is 25.3. The highest BCUT2D eigenvalue weighted by atomic mass is 32.2. The Bertz CT molecular complexity index is 1270. The summed E-state index contributed by atoms with van der Waals surface area (Å²) in [5.74, 6) is -0.362. The van der Waals surface area contributed by atoms with E-state index in [4.69, 9.17) is 5.73 Å². The molecule has 3 aromatic rings. The number of sulfone groups is 1. The Hall–Kier alpha value is -3.36. The molecule has 0 bridgehead atoms. The van der Waals surface area contributed by atoms with Crippen molar-refractivity contribution in [3.63, 3.8) is 0 Å². The van der Waals surface area contributed by atoms with E-state index in [9.17, 15) is 13.2 Å². The molecule has 34 heavy (non-hydrogen) atoms. The summed E-state index contributed by atoms with van der Waals surface area (Å²) in [5.41, 5.74) is 9.67. The molecular formula is C26H30N4O3S. The van der Waals surface area contributed by atoms with Gasteiger partial charge in [-0.05, 0) is 50.1 Å². The maximum atomic E-state index is 12.8. The summed E-state index contributed by atoms with van der Waals surface area (Å²) in [4.78, 5) is 21.5. The third-order valence-corrected chi connectivity index (χ3v) is 7.49. The topological polar surface area (TPSA) is 115 Å². The second-order valence-corrected chi connectivity index (χ2v) is 10.7. The van der Waals surface area contributed by atoms with Crippen LogP contribution in [0.5, 0.6) is 0 Å². The van der Waals surface area contributed by atoms with Crippen LogP contribution in [0.2, 0.25) is 0 Å². The van der Waals surface area contributed by atoms with E-state index in [1.807, 2.05) is 24.3 Å². The van der Waals surface area contributed by atoms with Gasteiger partial charge in [0.25, 0.3) is 0 Å². The summed E-state index contributed by atoms with van der Waals surface area (Å²) < 4.78 is 24.7. The number of hydrogen-bond acceptors (Lipinski definition) is 7. The van der Waals surface area contributed by atoms with Crippen LogP contribution in [0.15, 0.2) is 71.9 Å². The van der Waals surface area contributed by atoms with Gasteiger partial charge in [-0.1, -0.05) is 43.3 Å². The minimum Gasteiger partial charge on any atom is -0.398 e. The lowest BCUT2D eigenvalue weighted by Gasteiger charge is -2.09. The quantitative estimate of drug-likeness (QED) is 0.257. The minimum atomic E-state index is -3.36. The number of allylic oxidation sites excluding steroid dienone is 1. The minimum absolute atomic E-state index is 0.153. The van der Waals surface area contributed by atoms with Gasteiger partial charge in [-0.3, -0.25) is 9.78 Å². The molecule has 0 aliphatic rings. The van der Waals surface area contributed by atoms with E-state index in [0.29, 0.717) is 17.0 Å². The molecule has 0 amide bonds. The molecule has 0 atom stereocenters. The van der Waals surface area contributed by atoms with Gasteiger partial charge in [0.2, 0.25) is 5.78 Å². The van der Waals surface area contributed by atoms with Crippen molar-refractivity contribution in [1.29, 1.82) is 0 Å². The molecule has 1 aromatic heterocycles. The zero-order chi connectivity index (χ0) is 24.7. The van der Waals surface area contributed by atoms with Gasteiger partial charge < -0.3 is 11.1 Å². The molecule has 0 saturated heterocycles. The van der Waals surface area contributed by atoms with Crippen molar-refractivity contribution in [3.8, 4) is 11.3 Å². The largest absolute Gasteiger partial charge is 0.398 e. The van der Waals surface area contributed by atoms with E-state index in [1.54, 1.807) is 38.1 Å². The van der Waals surface area contributed by atoms with Gasteiger partial charge in [-0.25, -0.2) is 13.4 Å². The standard InChI is InChI=1S/C26H30N4O3S/c1-4-13-28-15-19-5-7-20(8-6-19)23(27)14-26(31)25-17-29-16-24(30-25)21-9-11-22(12-10-21)34(32,33)18(2)3/h5-12,14,16-18,28H,4,13,15,27H2,1-3H3. The molecule has 0 aliphatic carbocycles. The lowest BCUT2D eigenvalue weighted by atomic mass is 10.1. The number of nitrogens with two attached hydrogens (primary N) is 1. The van der Waals surface area contributed by atoms with Gasteiger partial charge in [0.1, 0.15) is 5.69 Å². The van der Waals surface area contributed by atoms with Gasteiger partial charge >= 0.3 is 0 Å². The van der Waals surface area contributed by atoms with E-state index in [2.05, 4.69) is 22.2 Å². The van der Waals surface area contributed by atoms with Gasteiger partial charge in [0, 0.05) is 23.9 Å². The van der Waals surface area contributed by atoms with Gasteiger partial charge in [0.15, 0.2) is 9.84 Å². The van der Waals surface area contributed by atoms with Gasteiger partial charge in [-0.15, -0.1) is 0 Å². The first-order valence-corrected chi connectivity index (χ1v) is 12.7. The third-order valence-electron chi connectivity index (χ3n) is 5.32. The van der Waals surface area contributed by atoms with Crippen LogP contribution >= 0.6 is 0 Å². The molecule has 7 nitrogen and oxygen atoms in total. The van der Waals surface area contributed by atoms with Crippen molar-refractivity contribution in [2.75, 3.05) is 6.54 Å². The van der Waals surface area contributed by atoms with E-state index in [1.165, 1.54) is 18.5 Å². The van der Waals surface area contributed by atoms with Crippen molar-refractivity contribution >= 4 is 21.3 Å². The lowest BCUT2D eigenvalue weighted by Crippen LogP contribution is -2.13. The molecule has 1 heterocycles. The Labute approximate surface area is 201 Å². The summed E-state index contributed by atoms with van der Waals surface area (Å²) in [5, 5.41) is 2.83. The molecule has 0 aliphatic heterocycles. The number of rotatable bonds is 10. The van der Waals surface area contributed by atoms with Crippen LogP contribution in [0.4, 0.5) is 0 Å². The van der Waals surface area contributed by atoms with E-state index in [0.717, 1.165) is 30.6 Å². The SMILES string of the molecule is CCCNCc1ccc(C(N)=CC(=O)c2cncc(-c3ccc(S(=O)(=O)C(C)C)cc3)n2)cc1. The molecule has 0 fully saturated rings. The first-order valence-electron chi connectivity index (χ1n) is 11.2. The van der Waals surface area contributed by atoms with E-state index in [-0.39, 0.29) is 16.4 Å². The van der Waals surface area contributed by atoms with Crippen LogP contribution < -0.4 is 11.1 Å². The average molecular weight is 479 g/mol. The van der Waals surface area contributed by atoms with Gasteiger partial charge in [-0.2, -0.15) is 0 Å². The summed E-state index contributed by atoms with van der Waals surface area (Å²) >= 11 is 0. The maximum absolute atomic E-state index is 12.8. The number of ketones is 1. The number of carbonyl (C=O) groups is 1. The second-order valence-electron chi connectivity index (χ2n) is 8.25. The first-order chi connectivity index (χ1) is 16.2. The van der Waals surface area contributed by atoms with Crippen LogP contribution in [0.3, 0.4) is 0 Å². The Kier molecular flexibility index (Phi) is 8.31. The fraction of sp³-hybridized carbons (Fsp3) is 0.269. The van der Waals surface area contributed by atoms with Crippen molar-refractivity contribution in [3.05, 3.63) is 83.8 Å². The Balaban J connectivity index is 1.76. The highest BCUT2D eigenvalue weighted by molar-refractivity contribution is 7.92. The van der Waals surface area contributed by atoms with Crippen LogP contribution in [-0.4, -0.2) is 36.0 Å². The second kappa shape index (κ2) is 11.2. The highest BCUT2D eigenvalue weighted by Gasteiger charge is 2.19. The zero-order valence-electron chi connectivity index (χ0n) is 19.7. The third kappa shape index (κ3) is 6.15. The number of nitrogens with zero attached hydrogens (tertiary/aromatic N) is 2. The Morgan fingerprint density at radius 2 is 1.74 bits per heavy atom. The molecule has 0 saturated carbocycles. The molecule has 2 aromatic carbocycles. The summed E-state index contributed by atoms with van der Waals surface area (Å²) in [6, 6.07) is 14.1. The zero-order valence-corrected chi connectivity index (χ0v) is 20.5. The van der Waals surface area contributed by atoms with Crippen molar-refractivity contribution in [2.45, 2.75) is 43.9 Å². The van der Waals surface area contributed by atoms with Crippen molar-refractivity contribution in [2.24, 2.45) is 5.73 Å². The molecule has 0 spiro atoms. The fourth-order valence-corrected chi connectivity index (χ4v) is 4.29. The number of benzene rings is 2. The summed E-state index contributed by atoms with van der Waals surface area (Å²) in [7, 11) is -3.36. The summed E-state index contributed by atoms with van der Waals surface area (Å²) in [6.45, 7) is 7.14. The van der Waals surface area contributed by atoms with Crippen LogP contribution in [0.25, 0.3) is 17.0 Å². The van der Waals surface area contributed by atoms with Crippen molar-refractivity contribution < 1.29 is 13.2 Å². The Morgan fingerprint density at radius 3 is 2.35 bits per heavy atom. The molecule has 8 heteroatoms. The monoisotopic (exact) mass is 478 g/mol. The predicted octanol–water partition coefficient (Wildman–Crippen LogP) is 4.01. The van der Waals surface area contributed by atoms with Crippen LogP contribution in [-0.2, 0) is 16.4 Å². The average Bonchev–Trinajstić information content (AvgIpc) is 2.84. The molecule has 3 rings (SSSR count). The van der Waals surface area contributed by atoms with Crippen molar-refractivity contribution in [1.82, 2.24) is 15.3 Å². The molecule has 0 unspecified atom stereocenters. The number of nitrogens with one attached hydrogen (secondary N) is 1. The number of carbonyl (C=O) groups excluding carboxylic acids is 1. The summed E-state index contributed by atoms with van der Waals surface area (Å²) in [6.07, 6.45) is 5.33. The van der Waals surface area contributed by atoms with E-state index >= 15 is 0 Å². The van der Waals surface area contributed by atoms with Crippen LogP contribution in [0.1, 0.15) is 48.8 Å². The fourth-order valence-electron chi connectivity index (χ4n) is 3.23. The number of hydrogen-bond donors (Lipinski definition) is 2. The molecule has 3 N–H and O–H groups in total. The molecule has 178 valence electrons. The predicted molar refractivity (Wildman–Crippen MR) is 135 cm³/mol.